The van der Waals surface area contributed by atoms with Crippen LogP contribution in [0.2, 0.25) is 0 Å². The molecule has 2 aromatic rings. The molecular formula is C14H14BrN3O2. The van der Waals surface area contributed by atoms with Gasteiger partial charge in [0.1, 0.15) is 5.75 Å². The van der Waals surface area contributed by atoms with Crippen LogP contribution < -0.4 is 10.1 Å². The van der Waals surface area contributed by atoms with Gasteiger partial charge >= 0.3 is 0 Å². The number of carbonyl (C=O) groups excluding carboxylic acids is 1. The van der Waals surface area contributed by atoms with E-state index in [0.29, 0.717) is 18.2 Å². The van der Waals surface area contributed by atoms with E-state index in [9.17, 15) is 4.79 Å². The molecule has 5 nitrogen and oxygen atoms in total. The van der Waals surface area contributed by atoms with Crippen LogP contribution in [0.15, 0.2) is 34.8 Å². The van der Waals surface area contributed by atoms with Crippen molar-refractivity contribution in [2.24, 2.45) is 0 Å². The molecule has 1 N–H and O–H groups in total. The minimum absolute atomic E-state index is 0.245. The molecule has 0 saturated heterocycles. The molecule has 20 heavy (non-hydrogen) atoms. The van der Waals surface area contributed by atoms with E-state index in [1.54, 1.807) is 12.1 Å². The number of ether oxygens (including phenoxy) is 1. The van der Waals surface area contributed by atoms with E-state index in [1.165, 1.54) is 0 Å². The Bertz CT molecular complexity index is 614. The summed E-state index contributed by atoms with van der Waals surface area (Å²) in [5.41, 5.74) is 1.26. The Morgan fingerprint density at radius 3 is 2.75 bits per heavy atom. The zero-order valence-corrected chi connectivity index (χ0v) is 12.8. The third-order valence-corrected chi connectivity index (χ3v) is 3.07. The standard InChI is InChI=1S/C14H14BrN3O2/c1-3-16-14(19)11-6-7-13(18-17-11)20-12-8-10(15)5-4-9(12)2/h4-8H,3H2,1-2H3,(H,16,19). The van der Waals surface area contributed by atoms with Crippen LogP contribution in [0.5, 0.6) is 11.6 Å². The maximum absolute atomic E-state index is 11.6. The molecule has 0 saturated carbocycles. The molecule has 0 unspecified atom stereocenters. The second-order valence-corrected chi connectivity index (χ2v) is 5.04. The van der Waals surface area contributed by atoms with Crippen LogP contribution >= 0.6 is 15.9 Å². The molecule has 0 atom stereocenters. The lowest BCUT2D eigenvalue weighted by Crippen LogP contribution is -2.23. The summed E-state index contributed by atoms with van der Waals surface area (Å²) in [6.45, 7) is 4.34. The number of rotatable bonds is 4. The van der Waals surface area contributed by atoms with Crippen molar-refractivity contribution in [1.82, 2.24) is 15.5 Å². The first kappa shape index (κ1) is 14.5. The van der Waals surface area contributed by atoms with Crippen molar-refractivity contribution in [3.8, 4) is 11.6 Å². The van der Waals surface area contributed by atoms with Crippen molar-refractivity contribution < 1.29 is 9.53 Å². The second kappa shape index (κ2) is 6.47. The van der Waals surface area contributed by atoms with Crippen molar-refractivity contribution >= 4 is 21.8 Å². The largest absolute Gasteiger partial charge is 0.437 e. The quantitative estimate of drug-likeness (QED) is 0.932. The molecule has 1 aromatic heterocycles. The molecule has 0 aliphatic carbocycles. The fourth-order valence-electron chi connectivity index (χ4n) is 1.54. The van der Waals surface area contributed by atoms with Crippen molar-refractivity contribution in [2.45, 2.75) is 13.8 Å². The summed E-state index contributed by atoms with van der Waals surface area (Å²) in [7, 11) is 0. The second-order valence-electron chi connectivity index (χ2n) is 4.13. The molecule has 1 amide bonds. The fraction of sp³-hybridized carbons (Fsp3) is 0.214. The van der Waals surface area contributed by atoms with Crippen LogP contribution in [-0.2, 0) is 0 Å². The molecule has 1 aromatic carbocycles. The number of halogens is 1. The highest BCUT2D eigenvalue weighted by Gasteiger charge is 2.08. The van der Waals surface area contributed by atoms with Crippen molar-refractivity contribution in [3.63, 3.8) is 0 Å². The van der Waals surface area contributed by atoms with Gasteiger partial charge in [0, 0.05) is 17.1 Å². The summed E-state index contributed by atoms with van der Waals surface area (Å²) in [4.78, 5) is 11.6. The number of amides is 1. The molecule has 0 bridgehead atoms. The molecule has 0 spiro atoms. The first-order valence-electron chi connectivity index (χ1n) is 6.16. The number of benzene rings is 1. The lowest BCUT2D eigenvalue weighted by Gasteiger charge is -2.08. The zero-order chi connectivity index (χ0) is 14.5. The first-order chi connectivity index (χ1) is 9.60. The number of hydrogen-bond donors (Lipinski definition) is 1. The third-order valence-electron chi connectivity index (χ3n) is 2.57. The summed E-state index contributed by atoms with van der Waals surface area (Å²) in [5, 5.41) is 10.4. The van der Waals surface area contributed by atoms with Gasteiger partial charge in [-0.25, -0.2) is 0 Å². The lowest BCUT2D eigenvalue weighted by atomic mass is 10.2. The first-order valence-corrected chi connectivity index (χ1v) is 6.95. The predicted octanol–water partition coefficient (Wildman–Crippen LogP) is 3.09. The van der Waals surface area contributed by atoms with Gasteiger partial charge in [-0.2, -0.15) is 0 Å². The zero-order valence-electron chi connectivity index (χ0n) is 11.2. The van der Waals surface area contributed by atoms with Gasteiger partial charge in [0.15, 0.2) is 5.69 Å². The van der Waals surface area contributed by atoms with Crippen LogP contribution in [-0.4, -0.2) is 22.6 Å². The number of hydrogen-bond acceptors (Lipinski definition) is 4. The van der Waals surface area contributed by atoms with E-state index in [-0.39, 0.29) is 11.6 Å². The van der Waals surface area contributed by atoms with Crippen LogP contribution in [0, 0.1) is 6.92 Å². The average Bonchev–Trinajstić information content (AvgIpc) is 2.44. The summed E-state index contributed by atoms with van der Waals surface area (Å²) in [6.07, 6.45) is 0. The molecule has 1 heterocycles. The van der Waals surface area contributed by atoms with Crippen LogP contribution in [0.4, 0.5) is 0 Å². The highest BCUT2D eigenvalue weighted by Crippen LogP contribution is 2.26. The van der Waals surface area contributed by atoms with Gasteiger partial charge < -0.3 is 10.1 Å². The monoisotopic (exact) mass is 335 g/mol. The van der Waals surface area contributed by atoms with Gasteiger partial charge in [-0.3, -0.25) is 4.79 Å². The summed E-state index contributed by atoms with van der Waals surface area (Å²) in [6, 6.07) is 8.94. The normalized spacial score (nSPS) is 10.2. The topological polar surface area (TPSA) is 64.1 Å². The minimum atomic E-state index is -0.245. The smallest absolute Gasteiger partial charge is 0.271 e. The molecule has 104 valence electrons. The highest BCUT2D eigenvalue weighted by atomic mass is 79.9. The van der Waals surface area contributed by atoms with Crippen LogP contribution in [0.25, 0.3) is 0 Å². The van der Waals surface area contributed by atoms with Gasteiger partial charge in [0.05, 0.1) is 0 Å². The Balaban J connectivity index is 2.14. The summed E-state index contributed by atoms with van der Waals surface area (Å²) < 4.78 is 6.57. The Kier molecular flexibility index (Phi) is 4.68. The molecule has 0 aliphatic rings. The van der Waals surface area contributed by atoms with Crippen molar-refractivity contribution in [2.75, 3.05) is 6.54 Å². The van der Waals surface area contributed by atoms with Crippen LogP contribution in [0.1, 0.15) is 23.0 Å². The lowest BCUT2D eigenvalue weighted by molar-refractivity contribution is 0.0949. The molecule has 0 radical (unpaired) electrons. The van der Waals surface area contributed by atoms with E-state index in [2.05, 4.69) is 31.4 Å². The molecule has 0 fully saturated rings. The Morgan fingerprint density at radius 2 is 2.10 bits per heavy atom. The van der Waals surface area contributed by atoms with Crippen LogP contribution in [0.3, 0.4) is 0 Å². The van der Waals surface area contributed by atoms with Crippen molar-refractivity contribution in [1.29, 1.82) is 0 Å². The molecule has 6 heteroatoms. The number of carbonyl (C=O) groups is 1. The predicted molar refractivity (Wildman–Crippen MR) is 79.0 cm³/mol. The van der Waals surface area contributed by atoms with Gasteiger partial charge in [-0.1, -0.05) is 22.0 Å². The van der Waals surface area contributed by atoms with E-state index in [4.69, 9.17) is 4.74 Å². The van der Waals surface area contributed by atoms with E-state index >= 15 is 0 Å². The van der Waals surface area contributed by atoms with E-state index in [0.717, 1.165) is 10.0 Å². The van der Waals surface area contributed by atoms with Gasteiger partial charge in [-0.15, -0.1) is 10.2 Å². The van der Waals surface area contributed by atoms with Crippen molar-refractivity contribution in [3.05, 3.63) is 46.1 Å². The molecular weight excluding hydrogens is 322 g/mol. The minimum Gasteiger partial charge on any atom is -0.437 e. The van der Waals surface area contributed by atoms with E-state index < -0.39 is 0 Å². The van der Waals surface area contributed by atoms with Gasteiger partial charge in [-0.05, 0) is 37.6 Å². The number of aromatic nitrogens is 2. The van der Waals surface area contributed by atoms with E-state index in [1.807, 2.05) is 32.0 Å². The summed E-state index contributed by atoms with van der Waals surface area (Å²) >= 11 is 3.39. The Morgan fingerprint density at radius 1 is 1.30 bits per heavy atom. The maximum Gasteiger partial charge on any atom is 0.271 e. The number of nitrogens with one attached hydrogen (secondary N) is 1. The average molecular weight is 336 g/mol. The maximum atomic E-state index is 11.6. The number of nitrogens with zero attached hydrogens (tertiary/aromatic N) is 2. The van der Waals surface area contributed by atoms with Gasteiger partial charge in [0.25, 0.3) is 5.91 Å². The number of aryl methyl sites for hydroxylation is 1. The molecule has 0 aliphatic heterocycles. The van der Waals surface area contributed by atoms with Gasteiger partial charge in [0.2, 0.25) is 5.88 Å². The Labute approximate surface area is 125 Å². The third kappa shape index (κ3) is 3.54. The highest BCUT2D eigenvalue weighted by molar-refractivity contribution is 9.10. The fourth-order valence-corrected chi connectivity index (χ4v) is 1.88. The SMILES string of the molecule is CCNC(=O)c1ccc(Oc2cc(Br)ccc2C)nn1. The molecule has 2 rings (SSSR count). The summed E-state index contributed by atoms with van der Waals surface area (Å²) in [5.74, 6) is 0.795. The Hall–Kier alpha value is -1.95.